The van der Waals surface area contributed by atoms with Gasteiger partial charge in [-0.15, -0.1) is 0 Å². The van der Waals surface area contributed by atoms with Crippen LogP contribution in [0.5, 0.6) is 0 Å². The zero-order chi connectivity index (χ0) is 27.1. The standard InChI is InChI=1S/C28H36F2N4O4/c1-2-3-9-38-22-14-23(31-15-22)26(35)24(12-19-10-20(29)13-21(30)11-19)33-27(36)25-16-32-28(37)34(25)17-18-7-5-4-6-8-18/h4-8,10-11,13,22-26,31,35H,2-3,9,12,14-17H2,1H3,(H,32,37)(H,33,36)/t22-,23-,24+,25+,26-/m1/s1. The van der Waals surface area contributed by atoms with Crippen molar-refractivity contribution in [2.45, 2.75) is 69.5 Å². The van der Waals surface area contributed by atoms with E-state index in [1.165, 1.54) is 17.0 Å². The molecule has 8 nitrogen and oxygen atoms in total. The van der Waals surface area contributed by atoms with Gasteiger partial charge >= 0.3 is 6.03 Å². The number of aliphatic hydroxyl groups excluding tert-OH is 1. The van der Waals surface area contributed by atoms with E-state index < -0.39 is 35.7 Å². The quantitative estimate of drug-likeness (QED) is 0.316. The number of carbonyl (C=O) groups is 2. The Labute approximate surface area is 221 Å². The molecule has 206 valence electrons. The number of ether oxygens (including phenoxy) is 1. The minimum Gasteiger partial charge on any atom is -0.389 e. The predicted octanol–water partition coefficient (Wildman–Crippen LogP) is 2.49. The maximum Gasteiger partial charge on any atom is 0.318 e. The smallest absolute Gasteiger partial charge is 0.318 e. The Bertz CT molecular complexity index is 1070. The highest BCUT2D eigenvalue weighted by Crippen LogP contribution is 2.20. The molecule has 38 heavy (non-hydrogen) atoms. The normalized spacial score (nSPS) is 22.8. The monoisotopic (exact) mass is 530 g/mol. The van der Waals surface area contributed by atoms with Gasteiger partial charge in [-0.25, -0.2) is 13.6 Å². The molecule has 4 N–H and O–H groups in total. The van der Waals surface area contributed by atoms with Gasteiger partial charge in [-0.3, -0.25) is 4.79 Å². The molecule has 2 fully saturated rings. The average Bonchev–Trinajstić information content (AvgIpc) is 3.50. The molecule has 2 heterocycles. The minimum atomic E-state index is -1.06. The van der Waals surface area contributed by atoms with Gasteiger partial charge in [0.15, 0.2) is 0 Å². The van der Waals surface area contributed by atoms with Gasteiger partial charge < -0.3 is 30.7 Å². The molecule has 2 aliphatic heterocycles. The molecule has 0 aliphatic carbocycles. The summed E-state index contributed by atoms with van der Waals surface area (Å²) in [5.41, 5.74) is 1.18. The van der Waals surface area contributed by atoms with Crippen molar-refractivity contribution < 1.29 is 28.2 Å². The molecule has 0 bridgehead atoms. The fourth-order valence-electron chi connectivity index (χ4n) is 5.05. The van der Waals surface area contributed by atoms with Gasteiger partial charge in [0.1, 0.15) is 17.7 Å². The maximum atomic E-state index is 13.9. The van der Waals surface area contributed by atoms with Gasteiger partial charge in [-0.05, 0) is 42.5 Å². The zero-order valence-corrected chi connectivity index (χ0v) is 21.5. The molecule has 0 aromatic heterocycles. The first-order chi connectivity index (χ1) is 18.3. The number of halogens is 2. The number of nitrogens with one attached hydrogen (secondary N) is 3. The molecule has 2 aromatic carbocycles. The second-order valence-electron chi connectivity index (χ2n) is 10.00. The lowest BCUT2D eigenvalue weighted by Gasteiger charge is -2.31. The Hall–Kier alpha value is -3.08. The lowest BCUT2D eigenvalue weighted by Crippen LogP contribution is -2.56. The first-order valence-electron chi connectivity index (χ1n) is 13.2. The second-order valence-corrected chi connectivity index (χ2v) is 10.00. The first kappa shape index (κ1) is 27.9. The van der Waals surface area contributed by atoms with Crippen LogP contribution in [0.3, 0.4) is 0 Å². The number of hydrogen-bond donors (Lipinski definition) is 4. The van der Waals surface area contributed by atoms with Gasteiger partial charge in [0.2, 0.25) is 5.91 Å². The van der Waals surface area contributed by atoms with Crippen molar-refractivity contribution in [3.05, 3.63) is 71.3 Å². The largest absolute Gasteiger partial charge is 0.389 e. The summed E-state index contributed by atoms with van der Waals surface area (Å²) in [6.07, 6.45) is 1.39. The summed E-state index contributed by atoms with van der Waals surface area (Å²) in [4.78, 5) is 27.4. The van der Waals surface area contributed by atoms with Crippen LogP contribution in [0, 0.1) is 11.6 Å². The number of carbonyl (C=O) groups excluding carboxylic acids is 2. The Morgan fingerprint density at radius 2 is 1.89 bits per heavy atom. The first-order valence-corrected chi connectivity index (χ1v) is 13.2. The van der Waals surface area contributed by atoms with Crippen LogP contribution < -0.4 is 16.0 Å². The number of hydrogen-bond acceptors (Lipinski definition) is 5. The van der Waals surface area contributed by atoms with Crippen molar-refractivity contribution in [1.82, 2.24) is 20.9 Å². The number of amides is 3. The molecule has 0 saturated carbocycles. The topological polar surface area (TPSA) is 103 Å². The summed E-state index contributed by atoms with van der Waals surface area (Å²) in [6.45, 7) is 3.64. The van der Waals surface area contributed by atoms with Gasteiger partial charge in [-0.1, -0.05) is 43.7 Å². The fourth-order valence-corrected chi connectivity index (χ4v) is 5.05. The lowest BCUT2D eigenvalue weighted by molar-refractivity contribution is -0.126. The highest BCUT2D eigenvalue weighted by molar-refractivity contribution is 5.90. The maximum absolute atomic E-state index is 13.9. The molecular weight excluding hydrogens is 494 g/mol. The molecule has 2 aromatic rings. The predicted molar refractivity (Wildman–Crippen MR) is 138 cm³/mol. The molecule has 5 atom stereocenters. The van der Waals surface area contributed by atoms with E-state index in [4.69, 9.17) is 4.74 Å². The van der Waals surface area contributed by atoms with Gasteiger partial charge in [0.05, 0.1) is 18.2 Å². The molecule has 3 amide bonds. The van der Waals surface area contributed by atoms with Crippen molar-refractivity contribution >= 4 is 11.9 Å². The highest BCUT2D eigenvalue weighted by atomic mass is 19.1. The summed E-state index contributed by atoms with van der Waals surface area (Å²) >= 11 is 0. The van der Waals surface area contributed by atoms with Crippen LogP contribution in [-0.4, -0.2) is 72.0 Å². The number of nitrogens with zero attached hydrogens (tertiary/aromatic N) is 1. The number of benzene rings is 2. The van der Waals surface area contributed by atoms with E-state index in [-0.39, 0.29) is 37.7 Å². The van der Waals surface area contributed by atoms with Gasteiger partial charge in [-0.2, -0.15) is 0 Å². The second kappa shape index (κ2) is 13.1. The molecule has 0 spiro atoms. The minimum absolute atomic E-state index is 0.00784. The molecule has 0 unspecified atom stereocenters. The van der Waals surface area contributed by atoms with Crippen LogP contribution in [0.1, 0.15) is 37.3 Å². The van der Waals surface area contributed by atoms with Gasteiger partial charge in [0, 0.05) is 38.3 Å². The van der Waals surface area contributed by atoms with E-state index in [2.05, 4.69) is 22.9 Å². The average molecular weight is 531 g/mol. The van der Waals surface area contributed by atoms with E-state index >= 15 is 0 Å². The zero-order valence-electron chi connectivity index (χ0n) is 21.5. The summed E-state index contributed by atoms with van der Waals surface area (Å²) < 4.78 is 33.7. The van der Waals surface area contributed by atoms with E-state index in [9.17, 15) is 23.5 Å². The number of unbranched alkanes of at least 4 members (excludes halogenated alkanes) is 1. The number of aliphatic hydroxyl groups is 1. The molecule has 2 saturated heterocycles. The fraction of sp³-hybridized carbons (Fsp3) is 0.500. The third kappa shape index (κ3) is 7.27. The Morgan fingerprint density at radius 1 is 1.16 bits per heavy atom. The summed E-state index contributed by atoms with van der Waals surface area (Å²) in [5, 5.41) is 20.2. The van der Waals surface area contributed by atoms with E-state index in [1.54, 1.807) is 0 Å². The summed E-state index contributed by atoms with van der Waals surface area (Å²) in [7, 11) is 0. The summed E-state index contributed by atoms with van der Waals surface area (Å²) in [6, 6.07) is 10.1. The van der Waals surface area contributed by atoms with Crippen molar-refractivity contribution in [2.75, 3.05) is 19.7 Å². The number of rotatable bonds is 12. The summed E-state index contributed by atoms with van der Waals surface area (Å²) in [5.74, 6) is -1.92. The molecule has 0 radical (unpaired) electrons. The Morgan fingerprint density at radius 3 is 2.61 bits per heavy atom. The van der Waals surface area contributed by atoms with Crippen LogP contribution >= 0.6 is 0 Å². The van der Waals surface area contributed by atoms with Crippen molar-refractivity contribution in [3.63, 3.8) is 0 Å². The Kier molecular flexibility index (Phi) is 9.65. The lowest BCUT2D eigenvalue weighted by atomic mass is 9.94. The van der Waals surface area contributed by atoms with E-state index in [0.29, 0.717) is 25.1 Å². The number of urea groups is 1. The third-order valence-corrected chi connectivity index (χ3v) is 7.09. The van der Waals surface area contributed by atoms with Crippen LogP contribution in [0.15, 0.2) is 48.5 Å². The van der Waals surface area contributed by atoms with Crippen molar-refractivity contribution in [2.24, 2.45) is 0 Å². The Balaban J connectivity index is 1.48. The van der Waals surface area contributed by atoms with Crippen molar-refractivity contribution in [1.29, 1.82) is 0 Å². The molecule has 2 aliphatic rings. The third-order valence-electron chi connectivity index (χ3n) is 7.09. The molecule has 10 heteroatoms. The highest BCUT2D eigenvalue weighted by Gasteiger charge is 2.40. The van der Waals surface area contributed by atoms with Crippen LogP contribution in [0.4, 0.5) is 13.6 Å². The van der Waals surface area contributed by atoms with Crippen LogP contribution in [-0.2, 0) is 22.5 Å². The van der Waals surface area contributed by atoms with E-state index in [0.717, 1.165) is 24.5 Å². The van der Waals surface area contributed by atoms with E-state index in [1.807, 2.05) is 30.3 Å². The van der Waals surface area contributed by atoms with Crippen LogP contribution in [0.2, 0.25) is 0 Å². The SMILES string of the molecule is CCCCO[C@H]1CN[C@@H]([C@@H](O)[C@H](Cc2cc(F)cc(F)c2)NC(=O)[C@@H]2CNC(=O)N2Cc2ccccc2)C1. The van der Waals surface area contributed by atoms with Gasteiger partial charge in [0.25, 0.3) is 0 Å². The molecular formula is C28H36F2N4O4. The van der Waals surface area contributed by atoms with Crippen LogP contribution in [0.25, 0.3) is 0 Å². The van der Waals surface area contributed by atoms with Crippen molar-refractivity contribution in [3.8, 4) is 0 Å². The molecule has 4 rings (SSSR count).